The van der Waals surface area contributed by atoms with Crippen LogP contribution in [0.3, 0.4) is 0 Å². The van der Waals surface area contributed by atoms with Crippen LogP contribution in [-0.4, -0.2) is 28.3 Å². The molecule has 128 valence electrons. The van der Waals surface area contributed by atoms with E-state index in [1.807, 2.05) is 4.57 Å². The first-order valence-corrected chi connectivity index (χ1v) is 8.50. The second-order valence-electron chi connectivity index (χ2n) is 5.12. The molecule has 0 aliphatic carbocycles. The van der Waals surface area contributed by atoms with Gasteiger partial charge in [-0.15, -0.1) is 0 Å². The number of carbonyl (C=O) groups is 1. The highest BCUT2D eigenvalue weighted by Crippen LogP contribution is 2.21. The number of benzene rings is 2. The maximum atomic E-state index is 13.0. The zero-order valence-corrected chi connectivity index (χ0v) is 14.3. The predicted octanol–water partition coefficient (Wildman–Crippen LogP) is 3.75. The first kappa shape index (κ1) is 17.0. The fourth-order valence-electron chi connectivity index (χ4n) is 2.20. The zero-order valence-electron chi connectivity index (χ0n) is 13.5. The Labute approximate surface area is 148 Å². The summed E-state index contributed by atoms with van der Waals surface area (Å²) < 4.78 is 19.9. The number of rotatable bonds is 6. The van der Waals surface area contributed by atoms with Crippen LogP contribution in [0.15, 0.2) is 66.1 Å². The molecule has 25 heavy (non-hydrogen) atoms. The van der Waals surface area contributed by atoms with E-state index in [9.17, 15) is 9.18 Å². The molecular formula is C18H16FN3O2S. The van der Waals surface area contributed by atoms with Crippen molar-refractivity contribution in [2.24, 2.45) is 0 Å². The summed E-state index contributed by atoms with van der Waals surface area (Å²) in [6, 6.07) is 13.2. The summed E-state index contributed by atoms with van der Waals surface area (Å²) in [4.78, 5) is 16.4. The number of hydrogen-bond donors (Lipinski definition) is 1. The SMILES string of the molecule is COc1ccc(NC(=O)CSc2nccn2-c2ccc(F)cc2)cc1. The summed E-state index contributed by atoms with van der Waals surface area (Å²) in [6.45, 7) is 0. The molecule has 1 aromatic heterocycles. The van der Waals surface area contributed by atoms with Crippen LogP contribution < -0.4 is 10.1 Å². The van der Waals surface area contributed by atoms with E-state index in [-0.39, 0.29) is 17.5 Å². The topological polar surface area (TPSA) is 56.1 Å². The van der Waals surface area contributed by atoms with Gasteiger partial charge in [0, 0.05) is 23.8 Å². The monoisotopic (exact) mass is 357 g/mol. The maximum absolute atomic E-state index is 13.0. The molecule has 1 N–H and O–H groups in total. The third-order valence-electron chi connectivity index (χ3n) is 3.42. The third-order valence-corrected chi connectivity index (χ3v) is 4.38. The van der Waals surface area contributed by atoms with Crippen molar-refractivity contribution in [3.63, 3.8) is 0 Å². The van der Waals surface area contributed by atoms with Gasteiger partial charge in [0.1, 0.15) is 11.6 Å². The van der Waals surface area contributed by atoms with Crippen molar-refractivity contribution in [2.75, 3.05) is 18.2 Å². The van der Waals surface area contributed by atoms with E-state index in [0.717, 1.165) is 11.4 Å². The van der Waals surface area contributed by atoms with Gasteiger partial charge >= 0.3 is 0 Å². The molecule has 3 aromatic rings. The molecule has 0 saturated heterocycles. The fourth-order valence-corrected chi connectivity index (χ4v) is 2.97. The smallest absolute Gasteiger partial charge is 0.234 e. The minimum atomic E-state index is -0.295. The number of nitrogens with zero attached hydrogens (tertiary/aromatic N) is 2. The Morgan fingerprint density at radius 3 is 2.60 bits per heavy atom. The van der Waals surface area contributed by atoms with E-state index in [1.54, 1.807) is 55.9 Å². The van der Waals surface area contributed by atoms with Gasteiger partial charge in [0.05, 0.1) is 12.9 Å². The summed E-state index contributed by atoms with van der Waals surface area (Å²) in [7, 11) is 1.59. The molecule has 5 nitrogen and oxygen atoms in total. The van der Waals surface area contributed by atoms with Crippen LogP contribution >= 0.6 is 11.8 Å². The average molecular weight is 357 g/mol. The first-order valence-electron chi connectivity index (χ1n) is 7.52. The van der Waals surface area contributed by atoms with Crippen LogP contribution in [0.4, 0.5) is 10.1 Å². The van der Waals surface area contributed by atoms with Crippen molar-refractivity contribution < 1.29 is 13.9 Å². The van der Waals surface area contributed by atoms with Crippen LogP contribution in [0.2, 0.25) is 0 Å². The highest BCUT2D eigenvalue weighted by molar-refractivity contribution is 7.99. The lowest BCUT2D eigenvalue weighted by Crippen LogP contribution is -2.14. The molecule has 0 fully saturated rings. The average Bonchev–Trinajstić information content (AvgIpc) is 3.10. The fraction of sp³-hybridized carbons (Fsp3) is 0.111. The van der Waals surface area contributed by atoms with Crippen molar-refractivity contribution >= 4 is 23.4 Å². The Balaban J connectivity index is 1.61. The summed E-state index contributed by atoms with van der Waals surface area (Å²) >= 11 is 1.31. The molecule has 0 spiro atoms. The van der Waals surface area contributed by atoms with Crippen molar-refractivity contribution in [1.82, 2.24) is 9.55 Å². The Morgan fingerprint density at radius 2 is 1.92 bits per heavy atom. The lowest BCUT2D eigenvalue weighted by Gasteiger charge is -2.08. The minimum absolute atomic E-state index is 0.135. The number of carbonyl (C=O) groups excluding carboxylic acids is 1. The first-order chi connectivity index (χ1) is 12.2. The predicted molar refractivity (Wildman–Crippen MR) is 95.9 cm³/mol. The van der Waals surface area contributed by atoms with E-state index < -0.39 is 0 Å². The number of anilines is 1. The van der Waals surface area contributed by atoms with Crippen molar-refractivity contribution in [3.05, 3.63) is 66.7 Å². The van der Waals surface area contributed by atoms with Crippen molar-refractivity contribution in [2.45, 2.75) is 5.16 Å². The van der Waals surface area contributed by atoms with Crippen molar-refractivity contribution in [1.29, 1.82) is 0 Å². The van der Waals surface area contributed by atoms with E-state index >= 15 is 0 Å². The number of methoxy groups -OCH3 is 1. The minimum Gasteiger partial charge on any atom is -0.497 e. The Hall–Kier alpha value is -2.80. The third kappa shape index (κ3) is 4.39. The van der Waals surface area contributed by atoms with Crippen molar-refractivity contribution in [3.8, 4) is 11.4 Å². The van der Waals surface area contributed by atoms with Gasteiger partial charge in [-0.05, 0) is 48.5 Å². The molecule has 0 radical (unpaired) electrons. The second-order valence-corrected chi connectivity index (χ2v) is 6.06. The van der Waals surface area contributed by atoms with Gasteiger partial charge in [0.2, 0.25) is 5.91 Å². The van der Waals surface area contributed by atoms with Gasteiger partial charge in [-0.1, -0.05) is 11.8 Å². The molecular weight excluding hydrogens is 341 g/mol. The largest absolute Gasteiger partial charge is 0.497 e. The number of amides is 1. The molecule has 7 heteroatoms. The van der Waals surface area contributed by atoms with Crippen LogP contribution in [-0.2, 0) is 4.79 Å². The van der Waals surface area contributed by atoms with E-state index in [0.29, 0.717) is 10.8 Å². The van der Waals surface area contributed by atoms with Crippen LogP contribution in [0, 0.1) is 5.82 Å². The summed E-state index contributed by atoms with van der Waals surface area (Å²) in [6.07, 6.45) is 3.42. The lowest BCUT2D eigenvalue weighted by molar-refractivity contribution is -0.113. The number of imidazole rings is 1. The maximum Gasteiger partial charge on any atom is 0.234 e. The summed E-state index contributed by atoms with van der Waals surface area (Å²) in [5.74, 6) is 0.513. The summed E-state index contributed by atoms with van der Waals surface area (Å²) in [5.41, 5.74) is 1.49. The highest BCUT2D eigenvalue weighted by Gasteiger charge is 2.09. The number of hydrogen-bond acceptors (Lipinski definition) is 4. The number of thioether (sulfide) groups is 1. The molecule has 0 aliphatic heterocycles. The molecule has 0 bridgehead atoms. The molecule has 0 unspecified atom stereocenters. The Kier molecular flexibility index (Phi) is 5.35. The van der Waals surface area contributed by atoms with Crippen LogP contribution in [0.1, 0.15) is 0 Å². The highest BCUT2D eigenvalue weighted by atomic mass is 32.2. The molecule has 1 amide bonds. The Morgan fingerprint density at radius 1 is 1.20 bits per heavy atom. The van der Waals surface area contributed by atoms with Gasteiger partial charge in [-0.25, -0.2) is 9.37 Å². The van der Waals surface area contributed by atoms with Gasteiger partial charge < -0.3 is 10.1 Å². The number of ether oxygens (including phenoxy) is 1. The van der Waals surface area contributed by atoms with Gasteiger partial charge in [-0.3, -0.25) is 9.36 Å². The van der Waals surface area contributed by atoms with Crippen LogP contribution in [0.5, 0.6) is 5.75 Å². The van der Waals surface area contributed by atoms with Crippen LogP contribution in [0.25, 0.3) is 5.69 Å². The molecule has 0 atom stereocenters. The van der Waals surface area contributed by atoms with Gasteiger partial charge in [0.25, 0.3) is 0 Å². The number of aromatic nitrogens is 2. The van der Waals surface area contributed by atoms with E-state index in [1.165, 1.54) is 23.9 Å². The zero-order chi connectivity index (χ0) is 17.6. The normalized spacial score (nSPS) is 10.5. The molecule has 0 aliphatic rings. The molecule has 3 rings (SSSR count). The quantitative estimate of drug-likeness (QED) is 0.683. The lowest BCUT2D eigenvalue weighted by atomic mass is 10.3. The van der Waals surface area contributed by atoms with Gasteiger partial charge in [-0.2, -0.15) is 0 Å². The second kappa shape index (κ2) is 7.85. The molecule has 2 aromatic carbocycles. The van der Waals surface area contributed by atoms with E-state index in [2.05, 4.69) is 10.3 Å². The number of halogens is 1. The molecule has 0 saturated carbocycles. The summed E-state index contributed by atoms with van der Waals surface area (Å²) in [5, 5.41) is 3.48. The number of nitrogens with one attached hydrogen (secondary N) is 1. The molecule has 1 heterocycles. The standard InChI is InChI=1S/C18H16FN3O2S/c1-24-16-8-4-14(5-9-16)21-17(23)12-25-18-20-10-11-22(18)15-6-2-13(19)3-7-15/h2-11H,12H2,1H3,(H,21,23). The van der Waals surface area contributed by atoms with Gasteiger partial charge in [0.15, 0.2) is 5.16 Å². The van der Waals surface area contributed by atoms with E-state index in [4.69, 9.17) is 4.74 Å². The Bertz CT molecular complexity index is 848.